The number of hydrogen-bond donors (Lipinski definition) is 0. The van der Waals surface area contributed by atoms with Crippen molar-refractivity contribution in [2.24, 2.45) is 0 Å². The predicted octanol–water partition coefficient (Wildman–Crippen LogP) is 2.41. The van der Waals surface area contributed by atoms with Gasteiger partial charge in [-0.15, -0.1) is 13.2 Å². The number of nitro groups is 1. The van der Waals surface area contributed by atoms with Gasteiger partial charge in [-0.3, -0.25) is 10.1 Å². The van der Waals surface area contributed by atoms with Crippen molar-refractivity contribution in [1.82, 2.24) is 0 Å². The summed E-state index contributed by atoms with van der Waals surface area (Å²) in [4.78, 5) is 9.83. The second kappa shape index (κ2) is 5.77. The average Bonchev–Trinajstić information content (AvgIpc) is 2.20. The fourth-order valence-electron chi connectivity index (χ4n) is 0.781. The summed E-state index contributed by atoms with van der Waals surface area (Å²) in [5.41, 5.74) is -0.00463. The Kier molecular flexibility index (Phi) is 4.95. The molecule has 4 heteroatoms. The van der Waals surface area contributed by atoms with E-state index < -0.39 is 4.92 Å². The Morgan fingerprint density at radius 2 is 1.92 bits per heavy atom. The summed E-state index contributed by atoms with van der Waals surface area (Å²) in [5.74, 6) is 0.289. The summed E-state index contributed by atoms with van der Waals surface area (Å²) < 4.78 is 4.76. The molecule has 70 valence electrons. The molecule has 0 aliphatic carbocycles. The molecule has 0 heterocycles. The van der Waals surface area contributed by atoms with Crippen molar-refractivity contribution in [1.29, 1.82) is 0 Å². The molecule has 0 unspecified atom stereocenters. The molecular weight excluding hydrogens is 170 g/mol. The van der Waals surface area contributed by atoms with E-state index in [4.69, 9.17) is 4.74 Å². The highest BCUT2D eigenvalue weighted by atomic mass is 16.6. The first-order valence-corrected chi connectivity index (χ1v) is 3.53. The lowest BCUT2D eigenvalue weighted by Gasteiger charge is -1.98. The fraction of sp³-hybridized carbons (Fsp3) is 0.111. The van der Waals surface area contributed by atoms with E-state index in [0.717, 1.165) is 0 Å². The lowest BCUT2D eigenvalue weighted by atomic mass is 10.3. The number of nitro benzene ring substituents is 1. The molecule has 0 radical (unpaired) electrons. The Balaban J connectivity index is 0.000000671. The van der Waals surface area contributed by atoms with Gasteiger partial charge in [-0.05, 0) is 6.07 Å². The van der Waals surface area contributed by atoms with Gasteiger partial charge in [0.05, 0.1) is 12.0 Å². The summed E-state index contributed by atoms with van der Waals surface area (Å²) in [6.45, 7) is 6.00. The highest BCUT2D eigenvalue weighted by Crippen LogP contribution is 2.24. The van der Waals surface area contributed by atoms with Crippen molar-refractivity contribution in [2.45, 2.75) is 0 Å². The van der Waals surface area contributed by atoms with Crippen molar-refractivity contribution in [3.05, 3.63) is 47.5 Å². The van der Waals surface area contributed by atoms with Crippen LogP contribution in [0.15, 0.2) is 37.4 Å². The number of methoxy groups -OCH3 is 1. The van der Waals surface area contributed by atoms with Gasteiger partial charge >= 0.3 is 5.69 Å². The summed E-state index contributed by atoms with van der Waals surface area (Å²) >= 11 is 0. The van der Waals surface area contributed by atoms with Crippen molar-refractivity contribution < 1.29 is 9.66 Å². The van der Waals surface area contributed by atoms with Gasteiger partial charge in [-0.25, -0.2) is 0 Å². The monoisotopic (exact) mass is 181 g/mol. The first-order chi connectivity index (χ1) is 6.25. The number of benzene rings is 1. The third-order valence-electron chi connectivity index (χ3n) is 1.28. The Labute approximate surface area is 76.6 Å². The molecule has 0 atom stereocenters. The zero-order chi connectivity index (χ0) is 10.3. The first kappa shape index (κ1) is 11.2. The number of ether oxygens (including phenoxy) is 1. The van der Waals surface area contributed by atoms with E-state index in [-0.39, 0.29) is 11.4 Å². The number of rotatable bonds is 2. The fourth-order valence-corrected chi connectivity index (χ4v) is 0.781. The van der Waals surface area contributed by atoms with E-state index in [9.17, 15) is 10.1 Å². The molecule has 0 saturated carbocycles. The molecule has 0 spiro atoms. The molecule has 0 fully saturated rings. The summed E-state index contributed by atoms with van der Waals surface area (Å²) in [6.07, 6.45) is 0. The zero-order valence-electron chi connectivity index (χ0n) is 7.40. The first-order valence-electron chi connectivity index (χ1n) is 3.53. The van der Waals surface area contributed by atoms with Crippen LogP contribution in [0.2, 0.25) is 0 Å². The van der Waals surface area contributed by atoms with Crippen LogP contribution in [0, 0.1) is 10.1 Å². The van der Waals surface area contributed by atoms with Gasteiger partial charge in [-0.1, -0.05) is 12.1 Å². The van der Waals surface area contributed by atoms with Gasteiger partial charge in [0, 0.05) is 6.07 Å². The van der Waals surface area contributed by atoms with E-state index in [1.54, 1.807) is 18.2 Å². The van der Waals surface area contributed by atoms with Crippen molar-refractivity contribution in [3.8, 4) is 5.75 Å². The summed E-state index contributed by atoms with van der Waals surface area (Å²) in [7, 11) is 1.41. The van der Waals surface area contributed by atoms with Gasteiger partial charge in [0.1, 0.15) is 0 Å². The smallest absolute Gasteiger partial charge is 0.310 e. The van der Waals surface area contributed by atoms with Crippen LogP contribution in [0.25, 0.3) is 0 Å². The quantitative estimate of drug-likeness (QED) is 0.400. The molecule has 0 bridgehead atoms. The summed E-state index contributed by atoms with van der Waals surface area (Å²) in [5, 5.41) is 10.3. The third kappa shape index (κ3) is 2.94. The van der Waals surface area contributed by atoms with E-state index >= 15 is 0 Å². The minimum Gasteiger partial charge on any atom is -0.490 e. The predicted molar refractivity (Wildman–Crippen MR) is 50.9 cm³/mol. The standard InChI is InChI=1S/C7H7NO3.C2H4/c1-11-7-5-3-2-4-6(7)8(9)10;1-2/h2-5H,1H3;1-2H2. The van der Waals surface area contributed by atoms with Gasteiger partial charge in [0.2, 0.25) is 0 Å². The van der Waals surface area contributed by atoms with Crippen LogP contribution in [-0.4, -0.2) is 12.0 Å². The van der Waals surface area contributed by atoms with Gasteiger partial charge in [0.15, 0.2) is 5.75 Å². The maximum absolute atomic E-state index is 10.3. The Morgan fingerprint density at radius 1 is 1.38 bits per heavy atom. The van der Waals surface area contributed by atoms with Crippen LogP contribution >= 0.6 is 0 Å². The third-order valence-corrected chi connectivity index (χ3v) is 1.28. The molecule has 0 amide bonds. The molecule has 13 heavy (non-hydrogen) atoms. The van der Waals surface area contributed by atoms with E-state index in [1.165, 1.54) is 13.2 Å². The maximum atomic E-state index is 10.3. The molecule has 1 aromatic rings. The largest absolute Gasteiger partial charge is 0.490 e. The van der Waals surface area contributed by atoms with Crippen LogP contribution < -0.4 is 4.74 Å². The lowest BCUT2D eigenvalue weighted by Crippen LogP contribution is -1.92. The zero-order valence-corrected chi connectivity index (χ0v) is 7.40. The Bertz CT molecular complexity index is 286. The molecule has 1 rings (SSSR count). The second-order valence-electron chi connectivity index (χ2n) is 1.93. The van der Waals surface area contributed by atoms with Crippen molar-refractivity contribution in [3.63, 3.8) is 0 Å². The molecule has 0 saturated heterocycles. The Morgan fingerprint density at radius 3 is 2.31 bits per heavy atom. The van der Waals surface area contributed by atoms with Gasteiger partial charge in [-0.2, -0.15) is 0 Å². The van der Waals surface area contributed by atoms with Crippen molar-refractivity contribution >= 4 is 5.69 Å². The summed E-state index contributed by atoms with van der Waals surface area (Å²) in [6, 6.07) is 6.24. The SMILES string of the molecule is C=C.COc1ccccc1[N+](=O)[O-]. The van der Waals surface area contributed by atoms with E-state index in [2.05, 4.69) is 13.2 Å². The molecule has 4 nitrogen and oxygen atoms in total. The highest BCUT2D eigenvalue weighted by molar-refractivity contribution is 5.45. The van der Waals surface area contributed by atoms with Gasteiger partial charge < -0.3 is 4.74 Å². The van der Waals surface area contributed by atoms with Crippen LogP contribution in [-0.2, 0) is 0 Å². The number of para-hydroxylation sites is 2. The Hall–Kier alpha value is -1.84. The van der Waals surface area contributed by atoms with Crippen LogP contribution in [0.5, 0.6) is 5.75 Å². The molecule has 0 N–H and O–H groups in total. The number of hydrogen-bond acceptors (Lipinski definition) is 3. The lowest BCUT2D eigenvalue weighted by molar-refractivity contribution is -0.385. The normalized spacial score (nSPS) is 8.08. The number of nitrogens with zero attached hydrogens (tertiary/aromatic N) is 1. The molecule has 0 aromatic heterocycles. The van der Waals surface area contributed by atoms with Crippen molar-refractivity contribution in [2.75, 3.05) is 7.11 Å². The van der Waals surface area contributed by atoms with Gasteiger partial charge in [0.25, 0.3) is 0 Å². The molecule has 0 aliphatic heterocycles. The van der Waals surface area contributed by atoms with Crippen LogP contribution in [0.4, 0.5) is 5.69 Å². The molecular formula is C9H11NO3. The minimum atomic E-state index is -0.473. The highest BCUT2D eigenvalue weighted by Gasteiger charge is 2.11. The molecule has 1 aromatic carbocycles. The maximum Gasteiger partial charge on any atom is 0.310 e. The topological polar surface area (TPSA) is 52.4 Å². The average molecular weight is 181 g/mol. The van der Waals surface area contributed by atoms with E-state index in [0.29, 0.717) is 0 Å². The van der Waals surface area contributed by atoms with Crippen LogP contribution in [0.3, 0.4) is 0 Å². The van der Waals surface area contributed by atoms with E-state index in [1.807, 2.05) is 0 Å². The molecule has 0 aliphatic rings. The van der Waals surface area contributed by atoms with Crippen LogP contribution in [0.1, 0.15) is 0 Å². The minimum absolute atomic E-state index is 0.00463. The second-order valence-corrected chi connectivity index (χ2v) is 1.93.